The molecule has 2 fully saturated rings. The van der Waals surface area contributed by atoms with Crippen LogP contribution in [-0.2, 0) is 19.6 Å². The van der Waals surface area contributed by atoms with Gasteiger partial charge in [-0.2, -0.15) is 4.31 Å². The van der Waals surface area contributed by atoms with Crippen LogP contribution in [0.2, 0.25) is 0 Å². The summed E-state index contributed by atoms with van der Waals surface area (Å²) in [6.45, 7) is 1.91. The Morgan fingerprint density at radius 2 is 1.62 bits per heavy atom. The summed E-state index contributed by atoms with van der Waals surface area (Å²) in [6, 6.07) is 6.64. The Balaban J connectivity index is 1.62. The van der Waals surface area contributed by atoms with Crippen molar-refractivity contribution in [1.82, 2.24) is 14.1 Å². The van der Waals surface area contributed by atoms with Gasteiger partial charge >= 0.3 is 0 Å². The number of piperazine rings is 1. The number of likely N-dealkylation sites (tertiary alicyclic amines) is 1. The van der Waals surface area contributed by atoms with Crippen LogP contribution in [0.5, 0.6) is 0 Å². The SMILES string of the molecule is O=C1CCC(=O)N1CN1CCN(S(=O)(=O)c2cccc(Br)c2)CC1. The molecule has 0 N–H and O–H groups in total. The van der Waals surface area contributed by atoms with Crippen molar-refractivity contribution in [3.63, 3.8) is 0 Å². The molecule has 2 heterocycles. The highest BCUT2D eigenvalue weighted by Gasteiger charge is 2.33. The lowest BCUT2D eigenvalue weighted by Gasteiger charge is -2.35. The fourth-order valence-corrected chi connectivity index (χ4v) is 4.89. The number of carbonyl (C=O) groups excluding carboxylic acids is 2. The summed E-state index contributed by atoms with van der Waals surface area (Å²) < 4.78 is 27.5. The van der Waals surface area contributed by atoms with Gasteiger partial charge in [-0.25, -0.2) is 8.42 Å². The first-order chi connectivity index (χ1) is 11.4. The normalized spacial score (nSPS) is 20.8. The first kappa shape index (κ1) is 17.5. The largest absolute Gasteiger partial charge is 0.283 e. The van der Waals surface area contributed by atoms with Crippen LogP contribution in [0, 0.1) is 0 Å². The number of benzene rings is 1. The molecule has 9 heteroatoms. The summed E-state index contributed by atoms with van der Waals surface area (Å²) in [5.74, 6) is -0.298. The minimum atomic E-state index is -3.53. The molecule has 0 unspecified atom stereocenters. The topological polar surface area (TPSA) is 78.0 Å². The van der Waals surface area contributed by atoms with E-state index in [1.807, 2.05) is 4.90 Å². The van der Waals surface area contributed by atoms with Gasteiger partial charge in [0.2, 0.25) is 21.8 Å². The van der Waals surface area contributed by atoms with E-state index in [-0.39, 0.29) is 36.2 Å². The minimum Gasteiger partial charge on any atom is -0.283 e. The second kappa shape index (κ2) is 6.91. The highest BCUT2D eigenvalue weighted by Crippen LogP contribution is 2.21. The Kier molecular flexibility index (Phi) is 5.05. The Bertz CT molecular complexity index is 744. The number of hydrogen-bond donors (Lipinski definition) is 0. The lowest BCUT2D eigenvalue weighted by Crippen LogP contribution is -2.52. The predicted octanol–water partition coefficient (Wildman–Crippen LogP) is 0.862. The molecule has 1 aromatic carbocycles. The van der Waals surface area contributed by atoms with Crippen LogP contribution in [0.3, 0.4) is 0 Å². The third kappa shape index (κ3) is 3.53. The molecule has 2 aliphatic heterocycles. The molecule has 2 amide bonds. The third-order valence-corrected chi connectivity index (χ3v) is 6.65. The zero-order valence-corrected chi connectivity index (χ0v) is 15.4. The molecule has 0 aliphatic carbocycles. The van der Waals surface area contributed by atoms with Gasteiger partial charge in [-0.15, -0.1) is 0 Å². The van der Waals surface area contributed by atoms with Gasteiger partial charge in [-0.05, 0) is 18.2 Å². The van der Waals surface area contributed by atoms with E-state index in [1.54, 1.807) is 24.3 Å². The van der Waals surface area contributed by atoms with E-state index in [0.29, 0.717) is 30.7 Å². The van der Waals surface area contributed by atoms with E-state index in [1.165, 1.54) is 9.21 Å². The first-order valence-electron chi connectivity index (χ1n) is 7.69. The molecule has 0 atom stereocenters. The molecule has 7 nitrogen and oxygen atoms in total. The predicted molar refractivity (Wildman–Crippen MR) is 90.4 cm³/mol. The van der Waals surface area contributed by atoms with Gasteiger partial charge < -0.3 is 0 Å². The van der Waals surface area contributed by atoms with Gasteiger partial charge in [0.05, 0.1) is 11.6 Å². The molecule has 0 aromatic heterocycles. The Hall–Kier alpha value is -1.29. The fourth-order valence-electron chi connectivity index (χ4n) is 2.87. The average molecular weight is 416 g/mol. The van der Waals surface area contributed by atoms with Crippen molar-refractivity contribution in [2.75, 3.05) is 32.8 Å². The molecule has 1 aromatic rings. The number of sulfonamides is 1. The van der Waals surface area contributed by atoms with Crippen LogP contribution < -0.4 is 0 Å². The summed E-state index contributed by atoms with van der Waals surface area (Å²) in [5, 5.41) is 0. The second-order valence-electron chi connectivity index (χ2n) is 5.84. The zero-order valence-electron chi connectivity index (χ0n) is 13.0. The molecular weight excluding hydrogens is 398 g/mol. The smallest absolute Gasteiger partial charge is 0.243 e. The number of rotatable bonds is 4. The maximum Gasteiger partial charge on any atom is 0.243 e. The number of hydrogen-bond acceptors (Lipinski definition) is 5. The number of imide groups is 1. The molecule has 2 saturated heterocycles. The molecule has 24 heavy (non-hydrogen) atoms. The summed E-state index contributed by atoms with van der Waals surface area (Å²) in [5.41, 5.74) is 0. The summed E-state index contributed by atoms with van der Waals surface area (Å²) >= 11 is 3.29. The maximum absolute atomic E-state index is 12.7. The van der Waals surface area contributed by atoms with E-state index in [0.717, 1.165) is 0 Å². The van der Waals surface area contributed by atoms with Crippen molar-refractivity contribution in [3.05, 3.63) is 28.7 Å². The molecule has 2 aliphatic rings. The van der Waals surface area contributed by atoms with Crippen LogP contribution in [0.1, 0.15) is 12.8 Å². The quantitative estimate of drug-likeness (QED) is 0.681. The zero-order chi connectivity index (χ0) is 17.3. The standard InChI is InChI=1S/C15H18BrN3O4S/c16-12-2-1-3-13(10-12)24(22,23)18-8-6-17(7-9-18)11-19-14(20)4-5-15(19)21/h1-3,10H,4-9,11H2. The first-order valence-corrected chi connectivity index (χ1v) is 9.92. The summed E-state index contributed by atoms with van der Waals surface area (Å²) in [7, 11) is -3.53. The number of carbonyl (C=O) groups is 2. The monoisotopic (exact) mass is 415 g/mol. The summed E-state index contributed by atoms with van der Waals surface area (Å²) in [6.07, 6.45) is 0.548. The second-order valence-corrected chi connectivity index (χ2v) is 8.69. The van der Waals surface area contributed by atoms with Crippen molar-refractivity contribution < 1.29 is 18.0 Å². The van der Waals surface area contributed by atoms with E-state index < -0.39 is 10.0 Å². The maximum atomic E-state index is 12.7. The van der Waals surface area contributed by atoms with Crippen LogP contribution in [0.4, 0.5) is 0 Å². The third-order valence-electron chi connectivity index (χ3n) is 4.26. The van der Waals surface area contributed by atoms with Crippen LogP contribution in [0.15, 0.2) is 33.6 Å². The Labute approximate surface area is 149 Å². The molecule has 0 bridgehead atoms. The van der Waals surface area contributed by atoms with E-state index >= 15 is 0 Å². The summed E-state index contributed by atoms with van der Waals surface area (Å²) in [4.78, 5) is 26.8. The number of nitrogens with zero attached hydrogens (tertiary/aromatic N) is 3. The molecule has 3 rings (SSSR count). The highest BCUT2D eigenvalue weighted by molar-refractivity contribution is 9.10. The molecule has 0 saturated carbocycles. The van der Waals surface area contributed by atoms with E-state index in [9.17, 15) is 18.0 Å². The molecule has 130 valence electrons. The van der Waals surface area contributed by atoms with E-state index in [4.69, 9.17) is 0 Å². The van der Waals surface area contributed by atoms with Gasteiger partial charge in [0.1, 0.15) is 0 Å². The van der Waals surface area contributed by atoms with Gasteiger partial charge in [-0.3, -0.25) is 19.4 Å². The molecular formula is C15H18BrN3O4S. The molecule has 0 spiro atoms. The molecule has 0 radical (unpaired) electrons. The van der Waals surface area contributed by atoms with Gasteiger partial charge in [-0.1, -0.05) is 22.0 Å². The van der Waals surface area contributed by atoms with Crippen LogP contribution in [-0.4, -0.2) is 67.2 Å². The Morgan fingerprint density at radius 1 is 1.00 bits per heavy atom. The lowest BCUT2D eigenvalue weighted by molar-refractivity contribution is -0.141. The number of amides is 2. The van der Waals surface area contributed by atoms with Gasteiger partial charge in [0.15, 0.2) is 0 Å². The Morgan fingerprint density at radius 3 is 2.21 bits per heavy atom. The lowest BCUT2D eigenvalue weighted by atomic mass is 10.4. The fraction of sp³-hybridized carbons (Fsp3) is 0.467. The van der Waals surface area contributed by atoms with Crippen LogP contribution in [0.25, 0.3) is 0 Å². The van der Waals surface area contributed by atoms with Gasteiger partial charge in [0, 0.05) is 43.5 Å². The van der Waals surface area contributed by atoms with Gasteiger partial charge in [0.25, 0.3) is 0 Å². The van der Waals surface area contributed by atoms with Crippen molar-refractivity contribution >= 4 is 37.8 Å². The van der Waals surface area contributed by atoms with Crippen molar-refractivity contribution in [3.8, 4) is 0 Å². The minimum absolute atomic E-state index is 0.149. The van der Waals surface area contributed by atoms with Crippen molar-refractivity contribution in [2.45, 2.75) is 17.7 Å². The number of halogens is 1. The van der Waals surface area contributed by atoms with E-state index in [2.05, 4.69) is 15.9 Å². The van der Waals surface area contributed by atoms with Crippen molar-refractivity contribution in [2.24, 2.45) is 0 Å². The van der Waals surface area contributed by atoms with Crippen LogP contribution >= 0.6 is 15.9 Å². The highest BCUT2D eigenvalue weighted by atomic mass is 79.9. The average Bonchev–Trinajstić information content (AvgIpc) is 2.87. The van der Waals surface area contributed by atoms with Crippen molar-refractivity contribution in [1.29, 1.82) is 0 Å².